The van der Waals surface area contributed by atoms with Gasteiger partial charge in [0, 0.05) is 5.69 Å². The number of ether oxygens (including phenoxy) is 2. The molecule has 2 aromatic carbocycles. The number of amides is 3. The summed E-state index contributed by atoms with van der Waals surface area (Å²) in [7, 11) is 0. The SMILES string of the molecule is CCOc1ccc(OCCN2C(=O)[C@@H](C)N(c3ccc(C)cc3)C2=O)cc1. The summed E-state index contributed by atoms with van der Waals surface area (Å²) >= 11 is 0. The fourth-order valence-corrected chi connectivity index (χ4v) is 3.02. The Labute approximate surface area is 159 Å². The zero-order chi connectivity index (χ0) is 19.4. The molecular formula is C21H24N2O4. The summed E-state index contributed by atoms with van der Waals surface area (Å²) < 4.78 is 11.1. The number of carbonyl (C=O) groups is 2. The highest BCUT2D eigenvalue weighted by Crippen LogP contribution is 2.26. The molecule has 0 unspecified atom stereocenters. The van der Waals surface area contributed by atoms with Gasteiger partial charge in [-0.05, 0) is 57.2 Å². The molecule has 3 amide bonds. The van der Waals surface area contributed by atoms with Crippen LogP contribution < -0.4 is 14.4 Å². The van der Waals surface area contributed by atoms with Crippen molar-refractivity contribution < 1.29 is 19.1 Å². The number of aryl methyl sites for hydroxylation is 1. The zero-order valence-corrected chi connectivity index (χ0v) is 15.8. The Kier molecular flexibility index (Phi) is 5.64. The van der Waals surface area contributed by atoms with E-state index in [2.05, 4.69) is 0 Å². The molecule has 0 aromatic heterocycles. The summed E-state index contributed by atoms with van der Waals surface area (Å²) in [5.74, 6) is 1.23. The van der Waals surface area contributed by atoms with Crippen LogP contribution in [0.3, 0.4) is 0 Å². The number of carbonyl (C=O) groups excluding carboxylic acids is 2. The fourth-order valence-electron chi connectivity index (χ4n) is 3.02. The Morgan fingerprint density at radius 2 is 1.52 bits per heavy atom. The van der Waals surface area contributed by atoms with Crippen molar-refractivity contribution in [2.24, 2.45) is 0 Å². The molecule has 2 aromatic rings. The summed E-state index contributed by atoms with van der Waals surface area (Å²) in [5.41, 5.74) is 1.83. The van der Waals surface area contributed by atoms with Gasteiger partial charge in [0.15, 0.2) is 0 Å². The summed E-state index contributed by atoms with van der Waals surface area (Å²) in [4.78, 5) is 28.0. The molecule has 0 radical (unpaired) electrons. The maximum atomic E-state index is 12.7. The van der Waals surface area contributed by atoms with Crippen molar-refractivity contribution in [1.29, 1.82) is 0 Å². The molecule has 6 nitrogen and oxygen atoms in total. The van der Waals surface area contributed by atoms with Gasteiger partial charge in [-0.15, -0.1) is 0 Å². The molecule has 0 bridgehead atoms. The van der Waals surface area contributed by atoms with E-state index >= 15 is 0 Å². The first-order valence-corrected chi connectivity index (χ1v) is 9.08. The first-order chi connectivity index (χ1) is 13.0. The van der Waals surface area contributed by atoms with E-state index in [1.807, 2.05) is 50.2 Å². The van der Waals surface area contributed by atoms with Crippen molar-refractivity contribution in [2.75, 3.05) is 24.7 Å². The number of nitrogens with zero attached hydrogens (tertiary/aromatic N) is 2. The molecule has 1 heterocycles. The average molecular weight is 368 g/mol. The molecule has 1 aliphatic heterocycles. The van der Waals surface area contributed by atoms with Crippen LogP contribution in [-0.2, 0) is 4.79 Å². The lowest BCUT2D eigenvalue weighted by molar-refractivity contribution is -0.127. The number of hydrogen-bond acceptors (Lipinski definition) is 4. The molecule has 6 heteroatoms. The van der Waals surface area contributed by atoms with Crippen molar-refractivity contribution in [3.05, 3.63) is 54.1 Å². The van der Waals surface area contributed by atoms with E-state index in [0.717, 1.165) is 17.0 Å². The summed E-state index contributed by atoms with van der Waals surface area (Å²) in [6.45, 7) is 6.70. The summed E-state index contributed by atoms with van der Waals surface area (Å²) in [5, 5.41) is 0. The van der Waals surface area contributed by atoms with Gasteiger partial charge in [0.25, 0.3) is 5.91 Å². The molecule has 1 aliphatic rings. The highest BCUT2D eigenvalue weighted by atomic mass is 16.5. The van der Waals surface area contributed by atoms with Crippen molar-refractivity contribution in [1.82, 2.24) is 4.90 Å². The van der Waals surface area contributed by atoms with Crippen molar-refractivity contribution in [3.8, 4) is 11.5 Å². The van der Waals surface area contributed by atoms with Crippen molar-refractivity contribution >= 4 is 17.6 Å². The van der Waals surface area contributed by atoms with Gasteiger partial charge in [-0.1, -0.05) is 17.7 Å². The van der Waals surface area contributed by atoms with Crippen LogP contribution in [0.2, 0.25) is 0 Å². The van der Waals surface area contributed by atoms with Crippen LogP contribution in [0.25, 0.3) is 0 Å². The molecule has 0 saturated carbocycles. The number of hydrogen-bond donors (Lipinski definition) is 0. The van der Waals surface area contributed by atoms with Crippen LogP contribution in [0, 0.1) is 6.92 Å². The third-order valence-electron chi connectivity index (χ3n) is 4.48. The van der Waals surface area contributed by atoms with Crippen LogP contribution >= 0.6 is 0 Å². The first-order valence-electron chi connectivity index (χ1n) is 9.08. The maximum absolute atomic E-state index is 12.7. The largest absolute Gasteiger partial charge is 0.494 e. The predicted octanol–water partition coefficient (Wildman–Crippen LogP) is 3.63. The fraction of sp³-hybridized carbons (Fsp3) is 0.333. The average Bonchev–Trinajstić information content (AvgIpc) is 2.87. The van der Waals surface area contributed by atoms with E-state index < -0.39 is 6.04 Å². The van der Waals surface area contributed by atoms with E-state index in [1.165, 1.54) is 9.80 Å². The van der Waals surface area contributed by atoms with Gasteiger partial charge in [-0.25, -0.2) is 4.79 Å². The molecule has 27 heavy (non-hydrogen) atoms. The third-order valence-corrected chi connectivity index (χ3v) is 4.48. The number of anilines is 1. The standard InChI is InChI=1S/C21H24N2O4/c1-4-26-18-9-11-19(12-10-18)27-14-13-22-20(24)16(3)23(21(22)25)17-7-5-15(2)6-8-17/h5-12,16H,4,13-14H2,1-3H3/t16-/m1/s1. The molecule has 1 atom stereocenters. The molecular weight excluding hydrogens is 344 g/mol. The second kappa shape index (κ2) is 8.12. The van der Waals surface area contributed by atoms with Gasteiger partial charge in [0.2, 0.25) is 0 Å². The van der Waals surface area contributed by atoms with Crippen molar-refractivity contribution in [3.63, 3.8) is 0 Å². The van der Waals surface area contributed by atoms with Crippen LogP contribution in [0.1, 0.15) is 19.4 Å². The predicted molar refractivity (Wildman–Crippen MR) is 103 cm³/mol. The van der Waals surface area contributed by atoms with Crippen LogP contribution in [0.5, 0.6) is 11.5 Å². The summed E-state index contributed by atoms with van der Waals surface area (Å²) in [6.07, 6.45) is 0. The molecule has 3 rings (SSSR count). The lowest BCUT2D eigenvalue weighted by Crippen LogP contribution is -2.36. The first kappa shape index (κ1) is 18.8. The molecule has 0 aliphatic carbocycles. The minimum atomic E-state index is -0.523. The molecule has 1 saturated heterocycles. The van der Waals surface area contributed by atoms with Gasteiger partial charge in [0.1, 0.15) is 24.1 Å². The number of rotatable bonds is 7. The Morgan fingerprint density at radius 3 is 2.11 bits per heavy atom. The Balaban J connectivity index is 1.60. The smallest absolute Gasteiger partial charge is 0.332 e. The van der Waals surface area contributed by atoms with Crippen LogP contribution in [0.15, 0.2) is 48.5 Å². The van der Waals surface area contributed by atoms with Crippen LogP contribution in [-0.4, -0.2) is 42.6 Å². The molecule has 0 spiro atoms. The minimum Gasteiger partial charge on any atom is -0.494 e. The summed E-state index contributed by atoms with van der Waals surface area (Å²) in [6, 6.07) is 14.0. The molecule has 142 valence electrons. The van der Waals surface area contributed by atoms with E-state index in [9.17, 15) is 9.59 Å². The Morgan fingerprint density at radius 1 is 0.926 bits per heavy atom. The zero-order valence-electron chi connectivity index (χ0n) is 15.8. The molecule has 1 fully saturated rings. The second-order valence-corrected chi connectivity index (χ2v) is 6.41. The monoisotopic (exact) mass is 368 g/mol. The minimum absolute atomic E-state index is 0.206. The van der Waals surface area contributed by atoms with Gasteiger partial charge in [0.05, 0.1) is 13.2 Å². The van der Waals surface area contributed by atoms with Gasteiger partial charge in [-0.3, -0.25) is 14.6 Å². The quantitative estimate of drug-likeness (QED) is 0.700. The van der Waals surface area contributed by atoms with Crippen molar-refractivity contribution in [2.45, 2.75) is 26.8 Å². The number of benzene rings is 2. The maximum Gasteiger partial charge on any atom is 0.332 e. The third kappa shape index (κ3) is 4.05. The lowest BCUT2D eigenvalue weighted by Gasteiger charge is -2.19. The highest BCUT2D eigenvalue weighted by Gasteiger charge is 2.43. The second-order valence-electron chi connectivity index (χ2n) is 6.41. The topological polar surface area (TPSA) is 59.1 Å². The van der Waals surface area contributed by atoms with Crippen LogP contribution in [0.4, 0.5) is 10.5 Å². The van der Waals surface area contributed by atoms with Gasteiger partial charge >= 0.3 is 6.03 Å². The number of urea groups is 1. The number of imide groups is 1. The van der Waals surface area contributed by atoms with E-state index in [-0.39, 0.29) is 25.1 Å². The van der Waals surface area contributed by atoms with E-state index in [0.29, 0.717) is 12.4 Å². The van der Waals surface area contributed by atoms with E-state index in [4.69, 9.17) is 9.47 Å². The Bertz CT molecular complexity index is 802. The van der Waals surface area contributed by atoms with E-state index in [1.54, 1.807) is 19.1 Å². The van der Waals surface area contributed by atoms with Gasteiger partial charge in [-0.2, -0.15) is 0 Å². The molecule has 0 N–H and O–H groups in total. The lowest BCUT2D eigenvalue weighted by atomic mass is 10.2. The normalized spacial score (nSPS) is 16.8. The Hall–Kier alpha value is -3.02. The highest BCUT2D eigenvalue weighted by molar-refractivity contribution is 6.14. The van der Waals surface area contributed by atoms with Gasteiger partial charge < -0.3 is 9.47 Å².